The van der Waals surface area contributed by atoms with Crippen LogP contribution in [0.5, 0.6) is 5.75 Å². The van der Waals surface area contributed by atoms with Crippen LogP contribution < -0.4 is 15.4 Å². The van der Waals surface area contributed by atoms with E-state index in [0.29, 0.717) is 15.7 Å². The van der Waals surface area contributed by atoms with Gasteiger partial charge in [0.2, 0.25) is 5.91 Å². The van der Waals surface area contributed by atoms with Crippen molar-refractivity contribution in [1.82, 2.24) is 0 Å². The molecule has 0 unspecified atom stereocenters. The Hall–Kier alpha value is -1.91. The number of rotatable bonds is 6. The van der Waals surface area contributed by atoms with E-state index in [9.17, 15) is 4.79 Å². The summed E-state index contributed by atoms with van der Waals surface area (Å²) in [5.74, 6) is 0.549. The van der Waals surface area contributed by atoms with Gasteiger partial charge < -0.3 is 15.4 Å². The number of carbonyl (C=O) groups excluding carboxylic acids is 1. The average Bonchev–Trinajstić information content (AvgIpc) is 2.48. The van der Waals surface area contributed by atoms with Crippen LogP contribution in [0.25, 0.3) is 0 Å². The summed E-state index contributed by atoms with van der Waals surface area (Å²) >= 11 is 11.8. The zero-order valence-electron chi connectivity index (χ0n) is 12.9. The molecule has 1 amide bonds. The molecule has 4 nitrogen and oxygen atoms in total. The van der Waals surface area contributed by atoms with Gasteiger partial charge in [0.05, 0.1) is 22.7 Å². The third kappa shape index (κ3) is 5.66. The molecule has 0 heterocycles. The summed E-state index contributed by atoms with van der Waals surface area (Å²) in [5.41, 5.74) is 1.41. The lowest BCUT2D eigenvalue weighted by atomic mass is 10.3. The van der Waals surface area contributed by atoms with Gasteiger partial charge in [0.15, 0.2) is 0 Å². The van der Waals surface area contributed by atoms with Crippen molar-refractivity contribution in [2.45, 2.75) is 20.0 Å². The maximum absolute atomic E-state index is 12.0. The summed E-state index contributed by atoms with van der Waals surface area (Å²) in [4.78, 5) is 12.0. The summed E-state index contributed by atoms with van der Waals surface area (Å²) < 4.78 is 5.60. The zero-order valence-corrected chi connectivity index (χ0v) is 14.4. The first kappa shape index (κ1) is 17.4. The molecule has 6 heteroatoms. The highest BCUT2D eigenvalue weighted by Crippen LogP contribution is 2.25. The summed E-state index contributed by atoms with van der Waals surface area (Å²) in [6, 6.07) is 12.4. The Labute approximate surface area is 145 Å². The van der Waals surface area contributed by atoms with E-state index in [2.05, 4.69) is 10.6 Å². The van der Waals surface area contributed by atoms with Gasteiger partial charge in [-0.1, -0.05) is 29.3 Å². The Morgan fingerprint density at radius 1 is 1.09 bits per heavy atom. The van der Waals surface area contributed by atoms with Gasteiger partial charge in [-0.05, 0) is 44.2 Å². The molecule has 23 heavy (non-hydrogen) atoms. The quantitative estimate of drug-likeness (QED) is 0.782. The minimum absolute atomic E-state index is 0.0808. The molecule has 0 aliphatic heterocycles. The van der Waals surface area contributed by atoms with Crippen LogP contribution in [-0.2, 0) is 4.79 Å². The normalized spacial score (nSPS) is 10.5. The number of hydrogen-bond acceptors (Lipinski definition) is 3. The molecule has 0 saturated heterocycles. The number of benzene rings is 2. The smallest absolute Gasteiger partial charge is 0.243 e. The van der Waals surface area contributed by atoms with Gasteiger partial charge in [0, 0.05) is 17.4 Å². The van der Waals surface area contributed by atoms with Crippen molar-refractivity contribution in [3.8, 4) is 5.75 Å². The van der Waals surface area contributed by atoms with Gasteiger partial charge in [-0.3, -0.25) is 4.79 Å². The lowest BCUT2D eigenvalue weighted by molar-refractivity contribution is -0.114. The minimum Gasteiger partial charge on any atom is -0.491 e. The third-order valence-corrected chi connectivity index (χ3v) is 3.60. The van der Waals surface area contributed by atoms with E-state index in [0.717, 1.165) is 11.4 Å². The van der Waals surface area contributed by atoms with Crippen molar-refractivity contribution < 1.29 is 9.53 Å². The molecule has 2 aromatic rings. The Morgan fingerprint density at radius 3 is 2.57 bits per heavy atom. The number of halogens is 2. The molecule has 2 N–H and O–H groups in total. The van der Waals surface area contributed by atoms with Crippen molar-refractivity contribution in [3.63, 3.8) is 0 Å². The van der Waals surface area contributed by atoms with E-state index in [1.54, 1.807) is 24.3 Å². The lowest BCUT2D eigenvalue weighted by Crippen LogP contribution is -2.21. The molecule has 0 saturated carbocycles. The van der Waals surface area contributed by atoms with E-state index in [-0.39, 0.29) is 18.6 Å². The number of carbonyl (C=O) groups is 1. The van der Waals surface area contributed by atoms with Crippen LogP contribution in [0.4, 0.5) is 11.4 Å². The molecule has 122 valence electrons. The summed E-state index contributed by atoms with van der Waals surface area (Å²) in [7, 11) is 0. The lowest BCUT2D eigenvalue weighted by Gasteiger charge is -2.12. The molecule has 0 aliphatic rings. The molecular weight excluding hydrogens is 335 g/mol. The second kappa shape index (κ2) is 8.09. The fraction of sp³-hybridized carbons (Fsp3) is 0.235. The molecule has 0 spiro atoms. The maximum atomic E-state index is 12.0. The van der Waals surface area contributed by atoms with Crippen molar-refractivity contribution >= 4 is 40.5 Å². The summed E-state index contributed by atoms with van der Waals surface area (Å²) in [5, 5.41) is 6.72. The molecule has 0 aromatic heterocycles. The minimum atomic E-state index is -0.169. The van der Waals surface area contributed by atoms with E-state index in [1.165, 1.54) is 0 Å². The molecule has 0 atom stereocenters. The van der Waals surface area contributed by atoms with Crippen LogP contribution in [0.1, 0.15) is 13.8 Å². The summed E-state index contributed by atoms with van der Waals surface area (Å²) in [6.45, 7) is 4.02. The molecule has 2 rings (SSSR count). The average molecular weight is 353 g/mol. The SMILES string of the molecule is CC(C)Oc1cccc(NC(=O)CNc2ccc(Cl)c(Cl)c2)c1. The Morgan fingerprint density at radius 2 is 1.87 bits per heavy atom. The molecule has 2 aromatic carbocycles. The van der Waals surface area contributed by atoms with Crippen LogP contribution >= 0.6 is 23.2 Å². The van der Waals surface area contributed by atoms with E-state index in [1.807, 2.05) is 32.0 Å². The van der Waals surface area contributed by atoms with Gasteiger partial charge in [-0.25, -0.2) is 0 Å². The predicted octanol–water partition coefficient (Wildman–Crippen LogP) is 4.83. The van der Waals surface area contributed by atoms with Crippen LogP contribution in [0, 0.1) is 0 Å². The highest BCUT2D eigenvalue weighted by Gasteiger charge is 2.05. The first-order chi connectivity index (χ1) is 10.9. The van der Waals surface area contributed by atoms with Crippen LogP contribution in [-0.4, -0.2) is 18.6 Å². The van der Waals surface area contributed by atoms with Crippen LogP contribution in [0.3, 0.4) is 0 Å². The van der Waals surface area contributed by atoms with E-state index >= 15 is 0 Å². The Balaban J connectivity index is 1.90. The van der Waals surface area contributed by atoms with Gasteiger partial charge in [-0.15, -0.1) is 0 Å². The first-order valence-electron chi connectivity index (χ1n) is 7.19. The Kier molecular flexibility index (Phi) is 6.13. The zero-order chi connectivity index (χ0) is 16.8. The second-order valence-corrected chi connectivity index (χ2v) is 6.04. The molecular formula is C17H18Cl2N2O2. The predicted molar refractivity (Wildman–Crippen MR) is 95.8 cm³/mol. The van der Waals surface area contributed by atoms with Crippen molar-refractivity contribution in [2.75, 3.05) is 17.2 Å². The van der Waals surface area contributed by atoms with Crippen molar-refractivity contribution in [3.05, 3.63) is 52.5 Å². The maximum Gasteiger partial charge on any atom is 0.243 e. The fourth-order valence-corrected chi connectivity index (χ4v) is 2.21. The number of nitrogens with one attached hydrogen (secondary N) is 2. The standard InChI is InChI=1S/C17H18Cl2N2O2/c1-11(2)23-14-5-3-4-13(8-14)21-17(22)10-20-12-6-7-15(18)16(19)9-12/h3-9,11,20H,10H2,1-2H3,(H,21,22). The number of anilines is 2. The van der Waals surface area contributed by atoms with Gasteiger partial charge in [0.1, 0.15) is 5.75 Å². The number of ether oxygens (including phenoxy) is 1. The Bertz CT molecular complexity index is 690. The van der Waals surface area contributed by atoms with Crippen molar-refractivity contribution in [2.24, 2.45) is 0 Å². The van der Waals surface area contributed by atoms with Gasteiger partial charge >= 0.3 is 0 Å². The monoisotopic (exact) mass is 352 g/mol. The second-order valence-electron chi connectivity index (χ2n) is 5.23. The molecule has 0 aliphatic carbocycles. The first-order valence-corrected chi connectivity index (χ1v) is 7.95. The van der Waals surface area contributed by atoms with Gasteiger partial charge in [0.25, 0.3) is 0 Å². The largest absolute Gasteiger partial charge is 0.491 e. The molecule has 0 bridgehead atoms. The topological polar surface area (TPSA) is 50.4 Å². The van der Waals surface area contributed by atoms with Crippen molar-refractivity contribution in [1.29, 1.82) is 0 Å². The van der Waals surface area contributed by atoms with Gasteiger partial charge in [-0.2, -0.15) is 0 Å². The van der Waals surface area contributed by atoms with E-state index in [4.69, 9.17) is 27.9 Å². The molecule has 0 fully saturated rings. The molecule has 0 radical (unpaired) electrons. The van der Waals surface area contributed by atoms with E-state index < -0.39 is 0 Å². The number of hydrogen-bond donors (Lipinski definition) is 2. The third-order valence-electron chi connectivity index (χ3n) is 2.86. The van der Waals surface area contributed by atoms with Crippen LogP contribution in [0.2, 0.25) is 10.0 Å². The highest BCUT2D eigenvalue weighted by molar-refractivity contribution is 6.42. The number of amides is 1. The van der Waals surface area contributed by atoms with Crippen LogP contribution in [0.15, 0.2) is 42.5 Å². The fourth-order valence-electron chi connectivity index (χ4n) is 1.91. The highest BCUT2D eigenvalue weighted by atomic mass is 35.5. The summed E-state index contributed by atoms with van der Waals surface area (Å²) in [6.07, 6.45) is 0.0808.